The van der Waals surface area contributed by atoms with Gasteiger partial charge in [0.2, 0.25) is 0 Å². The highest BCUT2D eigenvalue weighted by atomic mass is 16.5. The molecule has 1 atom stereocenters. The third kappa shape index (κ3) is 1.58. The van der Waals surface area contributed by atoms with E-state index in [2.05, 4.69) is 12.2 Å². The van der Waals surface area contributed by atoms with Crippen molar-refractivity contribution in [1.29, 1.82) is 0 Å². The Balaban J connectivity index is 2.14. The van der Waals surface area contributed by atoms with Crippen LogP contribution in [0.1, 0.15) is 24.9 Å². The molecule has 1 unspecified atom stereocenters. The highest BCUT2D eigenvalue weighted by Gasteiger charge is 2.36. The van der Waals surface area contributed by atoms with Gasteiger partial charge in [-0.2, -0.15) is 0 Å². The molecule has 2 aliphatic rings. The van der Waals surface area contributed by atoms with Crippen molar-refractivity contribution in [2.24, 2.45) is 0 Å². The van der Waals surface area contributed by atoms with Crippen molar-refractivity contribution in [1.82, 2.24) is 5.32 Å². The maximum absolute atomic E-state index is 9.33. The van der Waals surface area contributed by atoms with E-state index < -0.39 is 7.12 Å². The van der Waals surface area contributed by atoms with E-state index in [9.17, 15) is 10.0 Å². The zero-order chi connectivity index (χ0) is 12.0. The van der Waals surface area contributed by atoms with Gasteiger partial charge >= 0.3 is 7.12 Å². The van der Waals surface area contributed by atoms with Crippen LogP contribution in [0.5, 0.6) is 5.75 Å². The van der Waals surface area contributed by atoms with Gasteiger partial charge in [0, 0.05) is 11.0 Å². The number of hydrogen-bond donors (Lipinski definition) is 3. The Kier molecular flexibility index (Phi) is 2.47. The van der Waals surface area contributed by atoms with E-state index in [4.69, 9.17) is 4.74 Å². The highest BCUT2D eigenvalue weighted by molar-refractivity contribution is 6.59. The molecular formula is C12H14BNO3. The smallest absolute Gasteiger partial charge is 0.460 e. The molecule has 0 saturated carbocycles. The average Bonchev–Trinajstić information content (AvgIpc) is 2.69. The van der Waals surface area contributed by atoms with Gasteiger partial charge in [-0.05, 0) is 25.5 Å². The maximum Gasteiger partial charge on any atom is 0.492 e. The molecule has 0 amide bonds. The molecule has 3 N–H and O–H groups in total. The zero-order valence-corrected chi connectivity index (χ0v) is 9.60. The highest BCUT2D eigenvalue weighted by Crippen LogP contribution is 2.41. The van der Waals surface area contributed by atoms with E-state index in [-0.39, 0.29) is 6.04 Å². The van der Waals surface area contributed by atoms with Crippen molar-refractivity contribution in [2.75, 3.05) is 6.54 Å². The summed E-state index contributed by atoms with van der Waals surface area (Å²) in [7, 11) is -1.49. The van der Waals surface area contributed by atoms with Gasteiger partial charge in [-0.1, -0.05) is 18.2 Å². The number of nitrogens with one attached hydrogen (secondary N) is 1. The average molecular weight is 231 g/mol. The summed E-state index contributed by atoms with van der Waals surface area (Å²) in [6.45, 7) is 2.98. The second-order valence-electron chi connectivity index (χ2n) is 4.52. The summed E-state index contributed by atoms with van der Waals surface area (Å²) in [5, 5.41) is 22.0. The molecule has 0 bridgehead atoms. The van der Waals surface area contributed by atoms with Gasteiger partial charge in [0.1, 0.15) is 11.5 Å². The molecule has 0 radical (unpaired) electrons. The van der Waals surface area contributed by atoms with Crippen LogP contribution in [0.2, 0.25) is 0 Å². The van der Waals surface area contributed by atoms with Crippen LogP contribution >= 0.6 is 0 Å². The molecular weight excluding hydrogens is 217 g/mol. The Morgan fingerprint density at radius 3 is 3.00 bits per heavy atom. The monoisotopic (exact) mass is 231 g/mol. The zero-order valence-electron chi connectivity index (χ0n) is 9.60. The largest absolute Gasteiger partial charge is 0.492 e. The van der Waals surface area contributed by atoms with Crippen LogP contribution in [-0.2, 0) is 0 Å². The first kappa shape index (κ1) is 10.8. The third-order valence-corrected chi connectivity index (χ3v) is 3.41. The molecule has 2 aliphatic heterocycles. The van der Waals surface area contributed by atoms with Crippen LogP contribution in [0.15, 0.2) is 29.5 Å². The van der Waals surface area contributed by atoms with Gasteiger partial charge in [0.05, 0.1) is 6.04 Å². The van der Waals surface area contributed by atoms with Gasteiger partial charge in [-0.15, -0.1) is 0 Å². The number of rotatable bonds is 1. The topological polar surface area (TPSA) is 61.7 Å². The predicted octanol–water partition coefficient (Wildman–Crippen LogP) is 0.0672. The van der Waals surface area contributed by atoms with Crippen molar-refractivity contribution in [3.8, 4) is 5.75 Å². The standard InChI is InChI=1S/C12H14BNO3/c1-7-5-6-14-10-8-3-2-4-9(13(15)16)12(8)17-11(7)10/h2-4,10,14-16H,5-6H2,1H3. The summed E-state index contributed by atoms with van der Waals surface area (Å²) >= 11 is 0. The molecule has 4 nitrogen and oxygen atoms in total. The van der Waals surface area contributed by atoms with Crippen LogP contribution in [0.25, 0.3) is 0 Å². The Labute approximate surface area is 100 Å². The van der Waals surface area contributed by atoms with E-state index in [0.29, 0.717) is 11.2 Å². The van der Waals surface area contributed by atoms with Crippen LogP contribution in [-0.4, -0.2) is 23.7 Å². The summed E-state index contributed by atoms with van der Waals surface area (Å²) in [5.74, 6) is 1.51. The first-order valence-corrected chi connectivity index (χ1v) is 5.78. The third-order valence-electron chi connectivity index (χ3n) is 3.41. The van der Waals surface area contributed by atoms with Gasteiger partial charge in [-0.3, -0.25) is 0 Å². The van der Waals surface area contributed by atoms with Crippen molar-refractivity contribution in [2.45, 2.75) is 19.4 Å². The lowest BCUT2D eigenvalue weighted by Gasteiger charge is -2.21. The first-order chi connectivity index (χ1) is 8.18. The Bertz CT molecular complexity index is 499. The van der Waals surface area contributed by atoms with Crippen molar-refractivity contribution < 1.29 is 14.8 Å². The second kappa shape index (κ2) is 3.87. The molecule has 1 aromatic carbocycles. The van der Waals surface area contributed by atoms with Crippen LogP contribution in [0.4, 0.5) is 0 Å². The minimum absolute atomic E-state index is 0.0671. The fourth-order valence-corrected chi connectivity index (χ4v) is 2.50. The minimum atomic E-state index is -1.49. The van der Waals surface area contributed by atoms with E-state index in [1.807, 2.05) is 12.1 Å². The summed E-state index contributed by atoms with van der Waals surface area (Å²) in [6, 6.07) is 5.53. The molecule has 0 fully saturated rings. The van der Waals surface area contributed by atoms with Crippen LogP contribution < -0.4 is 15.5 Å². The van der Waals surface area contributed by atoms with Gasteiger partial charge in [0.15, 0.2) is 0 Å². The van der Waals surface area contributed by atoms with Gasteiger partial charge < -0.3 is 20.1 Å². The quantitative estimate of drug-likeness (QED) is 0.598. The molecule has 1 aromatic rings. The van der Waals surface area contributed by atoms with Crippen LogP contribution in [0.3, 0.4) is 0 Å². The lowest BCUT2D eigenvalue weighted by molar-refractivity contribution is 0.379. The number of fused-ring (bicyclic) bond motifs is 3. The van der Waals surface area contributed by atoms with E-state index >= 15 is 0 Å². The van der Waals surface area contributed by atoms with Crippen molar-refractivity contribution in [3.63, 3.8) is 0 Å². The van der Waals surface area contributed by atoms with Crippen LogP contribution in [0, 0.1) is 0 Å². The molecule has 0 spiro atoms. The fourth-order valence-electron chi connectivity index (χ4n) is 2.50. The summed E-state index contributed by atoms with van der Waals surface area (Å²) < 4.78 is 5.81. The number of benzene rings is 1. The molecule has 17 heavy (non-hydrogen) atoms. The fraction of sp³-hybridized carbons (Fsp3) is 0.333. The van der Waals surface area contributed by atoms with E-state index in [1.165, 1.54) is 5.57 Å². The Morgan fingerprint density at radius 1 is 1.41 bits per heavy atom. The Morgan fingerprint density at radius 2 is 2.24 bits per heavy atom. The van der Waals surface area contributed by atoms with Crippen molar-refractivity contribution in [3.05, 3.63) is 35.1 Å². The first-order valence-electron chi connectivity index (χ1n) is 5.78. The molecule has 0 aromatic heterocycles. The molecule has 0 saturated heterocycles. The van der Waals surface area contributed by atoms with Gasteiger partial charge in [-0.25, -0.2) is 0 Å². The molecule has 0 aliphatic carbocycles. The van der Waals surface area contributed by atoms with Crippen molar-refractivity contribution >= 4 is 12.6 Å². The SMILES string of the molecule is CC1=C2Oc3c(B(O)O)cccc3C2NCC1. The number of ether oxygens (including phenoxy) is 1. The van der Waals surface area contributed by atoms with E-state index in [0.717, 1.165) is 24.3 Å². The lowest BCUT2D eigenvalue weighted by Crippen LogP contribution is -2.30. The lowest BCUT2D eigenvalue weighted by atomic mass is 9.78. The predicted molar refractivity (Wildman–Crippen MR) is 65.0 cm³/mol. The summed E-state index contributed by atoms with van der Waals surface area (Å²) in [5.41, 5.74) is 2.65. The molecule has 5 heteroatoms. The summed E-state index contributed by atoms with van der Waals surface area (Å²) in [4.78, 5) is 0. The van der Waals surface area contributed by atoms with Gasteiger partial charge in [0.25, 0.3) is 0 Å². The second-order valence-corrected chi connectivity index (χ2v) is 4.52. The van der Waals surface area contributed by atoms with E-state index in [1.54, 1.807) is 6.07 Å². The molecule has 3 rings (SSSR count). The Hall–Kier alpha value is -1.30. The molecule has 88 valence electrons. The number of para-hydroxylation sites is 1. The summed E-state index contributed by atoms with van der Waals surface area (Å²) in [6.07, 6.45) is 0.969. The maximum atomic E-state index is 9.33. The normalized spacial score (nSPS) is 21.9. The minimum Gasteiger partial charge on any atom is -0.460 e. The molecule has 2 heterocycles. The number of hydrogen-bond acceptors (Lipinski definition) is 4.